The number of phenols is 1. The molecule has 0 amide bonds. The summed E-state index contributed by atoms with van der Waals surface area (Å²) in [6.07, 6.45) is -0.378. The van der Waals surface area contributed by atoms with Crippen molar-refractivity contribution in [1.82, 2.24) is 0 Å². The minimum atomic E-state index is -0.600. The van der Waals surface area contributed by atoms with Crippen LogP contribution in [0.5, 0.6) is 5.75 Å². The number of hydrogen-bond donors (Lipinski definition) is 2. The van der Waals surface area contributed by atoms with Crippen molar-refractivity contribution in [2.45, 2.75) is 26.4 Å². The van der Waals surface area contributed by atoms with Gasteiger partial charge in [0.1, 0.15) is 11.6 Å². The first kappa shape index (κ1) is 9.99. The Bertz CT molecular complexity index is 308. The Hall–Kier alpha value is -1.09. The molecule has 1 unspecified atom stereocenters. The second-order valence-electron chi connectivity index (χ2n) is 3.28. The molecule has 0 saturated carbocycles. The second-order valence-corrected chi connectivity index (χ2v) is 3.28. The van der Waals surface area contributed by atoms with Gasteiger partial charge in [-0.1, -0.05) is 0 Å². The zero-order valence-electron chi connectivity index (χ0n) is 7.71. The highest BCUT2D eigenvalue weighted by Crippen LogP contribution is 2.21. The van der Waals surface area contributed by atoms with Crippen LogP contribution in [0, 0.1) is 12.7 Å². The van der Waals surface area contributed by atoms with E-state index in [1.165, 1.54) is 12.1 Å². The van der Waals surface area contributed by atoms with Crippen molar-refractivity contribution in [1.29, 1.82) is 0 Å². The summed E-state index contributed by atoms with van der Waals surface area (Å²) in [6.45, 7) is 3.21. The fourth-order valence-electron chi connectivity index (χ4n) is 1.18. The molecule has 0 spiro atoms. The largest absolute Gasteiger partial charge is 0.508 e. The second kappa shape index (κ2) is 3.75. The van der Waals surface area contributed by atoms with Gasteiger partial charge in [0.2, 0.25) is 0 Å². The number of aryl methyl sites for hydroxylation is 1. The van der Waals surface area contributed by atoms with Crippen LogP contribution >= 0.6 is 0 Å². The van der Waals surface area contributed by atoms with Crippen molar-refractivity contribution in [3.63, 3.8) is 0 Å². The average Bonchev–Trinajstić information content (AvgIpc) is 1.99. The standard InChI is InChI=1S/C10H13FO2/c1-6-3-9(11)8(4-7(2)12)5-10(6)13/h3,5,7,12-13H,4H2,1-2H3. The minimum Gasteiger partial charge on any atom is -0.508 e. The zero-order chi connectivity index (χ0) is 10.0. The lowest BCUT2D eigenvalue weighted by atomic mass is 10.1. The first-order chi connectivity index (χ1) is 6.00. The fraction of sp³-hybridized carbons (Fsp3) is 0.400. The van der Waals surface area contributed by atoms with Crippen LogP contribution in [0.1, 0.15) is 18.1 Å². The van der Waals surface area contributed by atoms with Crippen LogP contribution in [0.3, 0.4) is 0 Å². The van der Waals surface area contributed by atoms with Gasteiger partial charge < -0.3 is 10.2 Å². The van der Waals surface area contributed by atoms with Crippen molar-refractivity contribution < 1.29 is 14.6 Å². The van der Waals surface area contributed by atoms with Crippen LogP contribution in [-0.4, -0.2) is 16.3 Å². The highest BCUT2D eigenvalue weighted by molar-refractivity contribution is 5.36. The minimum absolute atomic E-state index is 0.0667. The van der Waals surface area contributed by atoms with Gasteiger partial charge in [0, 0.05) is 6.42 Å². The number of aromatic hydroxyl groups is 1. The van der Waals surface area contributed by atoms with E-state index in [2.05, 4.69) is 0 Å². The summed E-state index contributed by atoms with van der Waals surface area (Å²) in [6, 6.07) is 2.63. The van der Waals surface area contributed by atoms with Crippen LogP contribution < -0.4 is 0 Å². The number of rotatable bonds is 2. The molecule has 72 valence electrons. The molecule has 0 radical (unpaired) electrons. The van der Waals surface area contributed by atoms with Crippen LogP contribution in [0.15, 0.2) is 12.1 Å². The maximum Gasteiger partial charge on any atom is 0.127 e. The van der Waals surface area contributed by atoms with Crippen LogP contribution in [0.2, 0.25) is 0 Å². The van der Waals surface area contributed by atoms with Crippen molar-refractivity contribution in [3.05, 3.63) is 29.1 Å². The molecule has 0 heterocycles. The predicted molar refractivity (Wildman–Crippen MR) is 48.2 cm³/mol. The maximum absolute atomic E-state index is 13.2. The normalized spacial score (nSPS) is 12.9. The van der Waals surface area contributed by atoms with Gasteiger partial charge in [0.05, 0.1) is 6.10 Å². The van der Waals surface area contributed by atoms with Gasteiger partial charge in [-0.3, -0.25) is 0 Å². The maximum atomic E-state index is 13.2. The molecule has 0 aliphatic heterocycles. The summed E-state index contributed by atoms with van der Waals surface area (Å²) in [5.74, 6) is -0.312. The highest BCUT2D eigenvalue weighted by atomic mass is 19.1. The Labute approximate surface area is 76.6 Å². The third-order valence-electron chi connectivity index (χ3n) is 1.88. The van der Waals surface area contributed by atoms with Gasteiger partial charge in [0.15, 0.2) is 0 Å². The summed E-state index contributed by atoms with van der Waals surface area (Å²) in [4.78, 5) is 0. The van der Waals surface area contributed by atoms with Gasteiger partial charge in [-0.25, -0.2) is 4.39 Å². The number of halogens is 1. The Balaban J connectivity index is 3.01. The van der Waals surface area contributed by atoms with E-state index >= 15 is 0 Å². The molecule has 0 saturated heterocycles. The van der Waals surface area contributed by atoms with E-state index in [0.29, 0.717) is 11.1 Å². The lowest BCUT2D eigenvalue weighted by molar-refractivity contribution is 0.194. The molecule has 0 aliphatic carbocycles. The molecule has 1 rings (SSSR count). The molecular formula is C10H13FO2. The Morgan fingerprint density at radius 1 is 1.46 bits per heavy atom. The lowest BCUT2D eigenvalue weighted by Crippen LogP contribution is -2.06. The van der Waals surface area contributed by atoms with Crippen molar-refractivity contribution in [2.24, 2.45) is 0 Å². The van der Waals surface area contributed by atoms with Gasteiger partial charge in [0.25, 0.3) is 0 Å². The Morgan fingerprint density at radius 3 is 2.62 bits per heavy atom. The van der Waals surface area contributed by atoms with Crippen molar-refractivity contribution >= 4 is 0 Å². The molecule has 0 aliphatic rings. The van der Waals surface area contributed by atoms with E-state index in [-0.39, 0.29) is 18.0 Å². The first-order valence-corrected chi connectivity index (χ1v) is 4.16. The molecule has 0 fully saturated rings. The molecule has 13 heavy (non-hydrogen) atoms. The van der Waals surface area contributed by atoms with Gasteiger partial charge >= 0.3 is 0 Å². The number of aliphatic hydroxyl groups is 1. The smallest absolute Gasteiger partial charge is 0.127 e. The summed E-state index contributed by atoms with van der Waals surface area (Å²) in [5, 5.41) is 18.3. The van der Waals surface area contributed by atoms with Crippen LogP contribution in [-0.2, 0) is 6.42 Å². The highest BCUT2D eigenvalue weighted by Gasteiger charge is 2.08. The number of benzene rings is 1. The van der Waals surface area contributed by atoms with E-state index in [9.17, 15) is 9.50 Å². The van der Waals surface area contributed by atoms with E-state index in [0.717, 1.165) is 0 Å². The van der Waals surface area contributed by atoms with Crippen LogP contribution in [0.25, 0.3) is 0 Å². The van der Waals surface area contributed by atoms with Gasteiger partial charge in [-0.15, -0.1) is 0 Å². The summed E-state index contributed by atoms with van der Waals surface area (Å²) in [5.41, 5.74) is 0.852. The topological polar surface area (TPSA) is 40.5 Å². The summed E-state index contributed by atoms with van der Waals surface area (Å²) >= 11 is 0. The third kappa shape index (κ3) is 2.42. The molecule has 1 aromatic carbocycles. The quantitative estimate of drug-likeness (QED) is 0.735. The number of hydrogen-bond acceptors (Lipinski definition) is 2. The first-order valence-electron chi connectivity index (χ1n) is 4.16. The number of phenolic OH excluding ortho intramolecular Hbond substituents is 1. The van der Waals surface area contributed by atoms with E-state index in [1.807, 2.05) is 0 Å². The van der Waals surface area contributed by atoms with Gasteiger partial charge in [-0.05, 0) is 37.1 Å². The Kier molecular flexibility index (Phi) is 2.88. The molecule has 1 atom stereocenters. The molecule has 0 bridgehead atoms. The van der Waals surface area contributed by atoms with Crippen LogP contribution in [0.4, 0.5) is 4.39 Å². The number of aliphatic hydroxyl groups excluding tert-OH is 1. The molecule has 1 aromatic rings. The van der Waals surface area contributed by atoms with E-state index < -0.39 is 6.10 Å². The molecule has 3 heteroatoms. The lowest BCUT2D eigenvalue weighted by Gasteiger charge is -2.07. The molecular weight excluding hydrogens is 171 g/mol. The molecule has 2 nitrogen and oxygen atoms in total. The molecule has 2 N–H and O–H groups in total. The monoisotopic (exact) mass is 184 g/mol. The fourth-order valence-corrected chi connectivity index (χ4v) is 1.18. The van der Waals surface area contributed by atoms with Crippen molar-refractivity contribution in [3.8, 4) is 5.75 Å². The summed E-state index contributed by atoms with van der Waals surface area (Å²) in [7, 11) is 0. The van der Waals surface area contributed by atoms with E-state index in [4.69, 9.17) is 5.11 Å². The zero-order valence-corrected chi connectivity index (χ0v) is 7.71. The average molecular weight is 184 g/mol. The van der Waals surface area contributed by atoms with E-state index in [1.54, 1.807) is 13.8 Å². The predicted octanol–water partition coefficient (Wildman–Crippen LogP) is 1.76. The summed E-state index contributed by atoms with van der Waals surface area (Å²) < 4.78 is 13.2. The Morgan fingerprint density at radius 2 is 2.08 bits per heavy atom. The SMILES string of the molecule is Cc1cc(F)c(CC(C)O)cc1O. The third-order valence-corrected chi connectivity index (χ3v) is 1.88. The van der Waals surface area contributed by atoms with Crippen molar-refractivity contribution in [2.75, 3.05) is 0 Å². The molecule has 0 aromatic heterocycles. The van der Waals surface area contributed by atoms with Gasteiger partial charge in [-0.2, -0.15) is 0 Å².